The van der Waals surface area contributed by atoms with Crippen LogP contribution in [0.5, 0.6) is 17.2 Å². The van der Waals surface area contributed by atoms with Crippen molar-refractivity contribution >= 4 is 11.1 Å². The second kappa shape index (κ2) is 10.6. The molecule has 6 nitrogen and oxygen atoms in total. The van der Waals surface area contributed by atoms with Gasteiger partial charge in [-0.2, -0.15) is 0 Å². The molecule has 2 aliphatic rings. The second-order valence-electron chi connectivity index (χ2n) is 10.9. The molecule has 1 N–H and O–H groups in total. The SMILES string of the molecule is CC1=C(c2cccc(-n3ccnc3)c2)C(c2ccc(OC[C@H](C)N3CC[C@@H](C)C3)cc2)Oc2ccc(O)cc21. The summed E-state index contributed by atoms with van der Waals surface area (Å²) in [4.78, 5) is 6.72. The number of phenols is 1. The molecule has 0 amide bonds. The van der Waals surface area contributed by atoms with Crippen LogP contribution >= 0.6 is 0 Å². The fourth-order valence-corrected chi connectivity index (χ4v) is 5.72. The fourth-order valence-electron chi connectivity index (χ4n) is 5.72. The van der Waals surface area contributed by atoms with Crippen LogP contribution < -0.4 is 9.47 Å². The lowest BCUT2D eigenvalue weighted by Crippen LogP contribution is -2.35. The van der Waals surface area contributed by atoms with Crippen molar-refractivity contribution < 1.29 is 14.6 Å². The Morgan fingerprint density at radius 1 is 1.10 bits per heavy atom. The van der Waals surface area contributed by atoms with E-state index in [9.17, 15) is 5.11 Å². The topological polar surface area (TPSA) is 59.8 Å². The quantitative estimate of drug-likeness (QED) is 0.291. The van der Waals surface area contributed by atoms with Crippen LogP contribution in [-0.2, 0) is 0 Å². The highest BCUT2D eigenvalue weighted by Crippen LogP contribution is 2.47. The Morgan fingerprint density at radius 3 is 2.69 bits per heavy atom. The Hall–Kier alpha value is -4.03. The predicted octanol–water partition coefficient (Wildman–Crippen LogP) is 6.75. The summed E-state index contributed by atoms with van der Waals surface area (Å²) in [5, 5.41) is 10.2. The molecule has 1 aromatic heterocycles. The number of rotatable bonds is 7. The molecule has 0 spiro atoms. The molecule has 1 unspecified atom stereocenters. The van der Waals surface area contributed by atoms with Gasteiger partial charge < -0.3 is 19.1 Å². The molecule has 1 saturated heterocycles. The highest BCUT2D eigenvalue weighted by Gasteiger charge is 2.30. The van der Waals surface area contributed by atoms with E-state index in [0.717, 1.165) is 64.0 Å². The van der Waals surface area contributed by atoms with Gasteiger partial charge in [0.25, 0.3) is 0 Å². The zero-order valence-electron chi connectivity index (χ0n) is 22.7. The van der Waals surface area contributed by atoms with Gasteiger partial charge in [0.2, 0.25) is 0 Å². The number of allylic oxidation sites excluding steroid dienone is 1. The zero-order chi connectivity index (χ0) is 26.9. The molecule has 0 aliphatic carbocycles. The summed E-state index contributed by atoms with van der Waals surface area (Å²) in [5.41, 5.74) is 6.18. The van der Waals surface area contributed by atoms with Crippen molar-refractivity contribution in [1.82, 2.24) is 14.5 Å². The first-order valence-electron chi connectivity index (χ1n) is 13.7. The largest absolute Gasteiger partial charge is 0.508 e. The van der Waals surface area contributed by atoms with E-state index in [-0.39, 0.29) is 11.9 Å². The number of aromatic hydroxyl groups is 1. The minimum absolute atomic E-state index is 0.223. The van der Waals surface area contributed by atoms with Crippen LogP contribution in [0.2, 0.25) is 0 Å². The van der Waals surface area contributed by atoms with Gasteiger partial charge in [-0.3, -0.25) is 4.90 Å². The van der Waals surface area contributed by atoms with Gasteiger partial charge in [0.1, 0.15) is 30.0 Å². The minimum Gasteiger partial charge on any atom is -0.508 e. The Bertz CT molecular complexity index is 1480. The number of hydrogen-bond donors (Lipinski definition) is 1. The Morgan fingerprint density at radius 2 is 1.95 bits per heavy atom. The van der Waals surface area contributed by atoms with Crippen LogP contribution in [-0.4, -0.2) is 45.3 Å². The minimum atomic E-state index is -0.306. The van der Waals surface area contributed by atoms with Crippen LogP contribution in [0.4, 0.5) is 0 Å². The van der Waals surface area contributed by atoms with Gasteiger partial charge in [0, 0.05) is 41.8 Å². The number of aromatic nitrogens is 2. The average molecular weight is 522 g/mol. The number of hydrogen-bond acceptors (Lipinski definition) is 5. The first-order valence-corrected chi connectivity index (χ1v) is 13.7. The van der Waals surface area contributed by atoms with Gasteiger partial charge in [0.05, 0.1) is 6.33 Å². The van der Waals surface area contributed by atoms with Crippen molar-refractivity contribution in [3.63, 3.8) is 0 Å². The van der Waals surface area contributed by atoms with Gasteiger partial charge in [-0.15, -0.1) is 0 Å². The van der Waals surface area contributed by atoms with Crippen molar-refractivity contribution in [2.75, 3.05) is 19.7 Å². The first kappa shape index (κ1) is 25.3. The average Bonchev–Trinajstić information content (AvgIpc) is 3.65. The monoisotopic (exact) mass is 521 g/mol. The van der Waals surface area contributed by atoms with E-state index in [2.05, 4.69) is 67.1 Å². The van der Waals surface area contributed by atoms with E-state index in [1.54, 1.807) is 24.7 Å². The predicted molar refractivity (Wildman–Crippen MR) is 154 cm³/mol. The second-order valence-corrected chi connectivity index (χ2v) is 10.9. The number of imidazole rings is 1. The first-order chi connectivity index (χ1) is 19.0. The van der Waals surface area contributed by atoms with Gasteiger partial charge in [-0.05, 0) is 91.9 Å². The summed E-state index contributed by atoms with van der Waals surface area (Å²) in [6, 6.07) is 22.4. The molecule has 3 aromatic carbocycles. The molecule has 6 heteroatoms. The van der Waals surface area contributed by atoms with Crippen LogP contribution in [0, 0.1) is 5.92 Å². The molecule has 3 atom stereocenters. The van der Waals surface area contributed by atoms with Crippen molar-refractivity contribution in [3.8, 4) is 22.9 Å². The third kappa shape index (κ3) is 5.17. The molecule has 3 heterocycles. The van der Waals surface area contributed by atoms with Crippen LogP contribution in [0.3, 0.4) is 0 Å². The molecule has 0 bridgehead atoms. The van der Waals surface area contributed by atoms with Crippen molar-refractivity contribution in [3.05, 3.63) is 102 Å². The maximum Gasteiger partial charge on any atom is 0.150 e. The lowest BCUT2D eigenvalue weighted by molar-refractivity contribution is 0.169. The maximum absolute atomic E-state index is 10.2. The summed E-state index contributed by atoms with van der Waals surface area (Å²) in [7, 11) is 0. The zero-order valence-corrected chi connectivity index (χ0v) is 22.7. The molecule has 0 saturated carbocycles. The molecule has 1 fully saturated rings. The summed E-state index contributed by atoms with van der Waals surface area (Å²) < 4.78 is 14.8. The van der Waals surface area contributed by atoms with E-state index >= 15 is 0 Å². The summed E-state index contributed by atoms with van der Waals surface area (Å²) in [6.45, 7) is 9.64. The molecule has 4 aromatic rings. The van der Waals surface area contributed by atoms with Crippen molar-refractivity contribution in [2.45, 2.75) is 39.3 Å². The van der Waals surface area contributed by atoms with Gasteiger partial charge in [-0.25, -0.2) is 4.98 Å². The number of fused-ring (bicyclic) bond motifs is 1. The third-order valence-corrected chi connectivity index (χ3v) is 7.99. The smallest absolute Gasteiger partial charge is 0.150 e. The van der Waals surface area contributed by atoms with E-state index in [1.165, 1.54) is 6.42 Å². The molecule has 6 rings (SSSR count). The molecule has 2 aliphatic heterocycles. The van der Waals surface area contributed by atoms with Gasteiger partial charge >= 0.3 is 0 Å². The lowest BCUT2D eigenvalue weighted by Gasteiger charge is -2.31. The third-order valence-electron chi connectivity index (χ3n) is 7.99. The maximum atomic E-state index is 10.2. The van der Waals surface area contributed by atoms with Crippen LogP contribution in [0.1, 0.15) is 50.0 Å². The van der Waals surface area contributed by atoms with Crippen molar-refractivity contribution in [1.29, 1.82) is 0 Å². The molecule has 200 valence electrons. The lowest BCUT2D eigenvalue weighted by atomic mass is 9.86. The van der Waals surface area contributed by atoms with Gasteiger partial charge in [-0.1, -0.05) is 31.2 Å². The molecule has 0 radical (unpaired) electrons. The summed E-state index contributed by atoms with van der Waals surface area (Å²) >= 11 is 0. The number of phenolic OH excluding ortho intramolecular Hbond substituents is 1. The molecular formula is C33H35N3O3. The van der Waals surface area contributed by atoms with Crippen LogP contribution in [0.25, 0.3) is 16.8 Å². The van der Waals surface area contributed by atoms with E-state index in [1.807, 2.05) is 29.0 Å². The Kier molecular flexibility index (Phi) is 6.88. The molecular weight excluding hydrogens is 486 g/mol. The number of benzene rings is 3. The highest BCUT2D eigenvalue weighted by atomic mass is 16.5. The van der Waals surface area contributed by atoms with E-state index in [0.29, 0.717) is 12.6 Å². The normalized spacial score (nSPS) is 20.0. The summed E-state index contributed by atoms with van der Waals surface area (Å²) in [5.74, 6) is 2.62. The van der Waals surface area contributed by atoms with E-state index in [4.69, 9.17) is 9.47 Å². The Balaban J connectivity index is 1.30. The summed E-state index contributed by atoms with van der Waals surface area (Å²) in [6.07, 6.45) is 6.47. The standard InChI is InChI=1S/C33H35N3O3/c1-22-13-15-35(19-22)23(2)20-38-29-10-7-25(8-11-29)33-32(24(3)30-18-28(37)9-12-31(30)39-33)26-5-4-6-27(17-26)36-16-14-34-21-36/h4-12,14,16-18,21-23,33,37H,13,15,19-20H2,1-3H3/t22-,23+,33?/m1/s1. The van der Waals surface area contributed by atoms with Crippen LogP contribution in [0.15, 0.2) is 85.5 Å². The fraction of sp³-hybridized carbons (Fsp3) is 0.303. The number of nitrogens with zero attached hydrogens (tertiary/aromatic N) is 3. The molecule has 39 heavy (non-hydrogen) atoms. The van der Waals surface area contributed by atoms with Gasteiger partial charge in [0.15, 0.2) is 0 Å². The van der Waals surface area contributed by atoms with Crippen molar-refractivity contribution in [2.24, 2.45) is 5.92 Å². The Labute approximate surface area is 230 Å². The number of likely N-dealkylation sites (tertiary alicyclic amines) is 1. The highest BCUT2D eigenvalue weighted by molar-refractivity contribution is 5.96. The van der Waals surface area contributed by atoms with E-state index < -0.39 is 0 Å². The number of ether oxygens (including phenoxy) is 2.